The molecular formula is C47H40Cl3F6N5O5. The van der Waals surface area contributed by atoms with E-state index >= 15 is 0 Å². The van der Waals surface area contributed by atoms with Gasteiger partial charge in [0, 0.05) is 60.1 Å². The third-order valence-corrected chi connectivity index (χ3v) is 10.8. The number of benzene rings is 5. The van der Waals surface area contributed by atoms with Crippen LogP contribution in [0.25, 0.3) is 21.8 Å². The number of nitrogens with zero attached hydrogens (tertiary/aromatic N) is 1. The van der Waals surface area contributed by atoms with Crippen LogP contribution in [-0.4, -0.2) is 57.2 Å². The maximum atomic E-state index is 12.9. The molecule has 0 saturated heterocycles. The molecule has 10 nitrogen and oxygen atoms in total. The molecule has 8 rings (SSSR count). The third kappa shape index (κ3) is 13.0. The molecule has 3 amide bonds. The fourth-order valence-electron chi connectivity index (χ4n) is 7.04. The van der Waals surface area contributed by atoms with Gasteiger partial charge in [-0.2, -0.15) is 26.3 Å². The summed E-state index contributed by atoms with van der Waals surface area (Å²) in [5, 5.41) is 7.04. The van der Waals surface area contributed by atoms with Crippen molar-refractivity contribution in [3.8, 4) is 11.5 Å². The van der Waals surface area contributed by atoms with Crippen molar-refractivity contribution in [3.05, 3.63) is 155 Å². The number of rotatable bonds is 11. The van der Waals surface area contributed by atoms with E-state index in [0.717, 1.165) is 63.8 Å². The van der Waals surface area contributed by atoms with Crippen LogP contribution in [-0.2, 0) is 42.9 Å². The number of nitrogens with one attached hydrogen (secondary N) is 4. The Balaban J connectivity index is 0.000000198. The first kappa shape index (κ1) is 47.7. The predicted molar refractivity (Wildman–Crippen MR) is 243 cm³/mol. The highest BCUT2D eigenvalue weighted by molar-refractivity contribution is 6.67. The second-order valence-electron chi connectivity index (χ2n) is 15.1. The summed E-state index contributed by atoms with van der Waals surface area (Å²) in [5.41, 5.74) is 5.27. The molecule has 0 spiro atoms. The second kappa shape index (κ2) is 20.5. The lowest BCUT2D eigenvalue weighted by atomic mass is 10.0. The van der Waals surface area contributed by atoms with E-state index in [1.54, 1.807) is 35.5 Å². The maximum Gasteiger partial charge on any atom is 0.416 e. The van der Waals surface area contributed by atoms with Crippen LogP contribution in [0, 0.1) is 0 Å². The standard InChI is InChI=1S/C27H24F3N3O2.C20H16Cl3F3N2O3/c28-27(29,30)21-7-5-18(6-8-21)12-14-35-22-9-10-24-23(15-22)25(16-31-24)32-26(34)33-13-11-19-3-1-2-4-20(19)17-33;21-19(22,23)11-31-18(29)28-17-10-27-16-6-5-14(9-15(16)17)30-8-7-12-1-3-13(4-2-12)20(24,25)26/h1-10,15-16,31H,11-14,17H2,(H,32,34);1-6,9-10,27H,7-8,11H2,(H,28,29). The molecule has 0 fully saturated rings. The Hall–Kier alpha value is -6.23. The Morgan fingerprint density at radius 2 is 1.12 bits per heavy atom. The summed E-state index contributed by atoms with van der Waals surface area (Å²) in [7, 11) is 0. The Morgan fingerprint density at radius 3 is 1.61 bits per heavy atom. The number of fused-ring (bicyclic) bond motifs is 3. The number of ether oxygens (including phenoxy) is 3. The number of amides is 3. The van der Waals surface area contributed by atoms with Crippen molar-refractivity contribution in [2.24, 2.45) is 0 Å². The van der Waals surface area contributed by atoms with E-state index in [0.29, 0.717) is 60.8 Å². The Morgan fingerprint density at radius 1 is 0.636 bits per heavy atom. The number of hydrogen-bond acceptors (Lipinski definition) is 5. The highest BCUT2D eigenvalue weighted by Gasteiger charge is 2.31. The normalized spacial score (nSPS) is 12.8. The fourth-order valence-corrected chi connectivity index (χ4v) is 7.20. The van der Waals surface area contributed by atoms with Crippen LogP contribution < -0.4 is 20.1 Å². The topological polar surface area (TPSA) is 121 Å². The molecule has 0 aliphatic carbocycles. The average molecular weight is 975 g/mol. The molecule has 1 aliphatic rings. The number of carbonyl (C=O) groups is 2. The maximum absolute atomic E-state index is 12.9. The first-order chi connectivity index (χ1) is 31.4. The van der Waals surface area contributed by atoms with Gasteiger partial charge in [-0.25, -0.2) is 9.59 Å². The number of H-pyrrole nitrogens is 2. The van der Waals surface area contributed by atoms with Crippen LogP contribution in [0.4, 0.5) is 47.3 Å². The van der Waals surface area contributed by atoms with E-state index in [1.165, 1.54) is 29.8 Å². The van der Waals surface area contributed by atoms with Gasteiger partial charge in [0.15, 0.2) is 0 Å². The van der Waals surface area contributed by atoms with E-state index in [9.17, 15) is 35.9 Å². The first-order valence-electron chi connectivity index (χ1n) is 20.3. The van der Waals surface area contributed by atoms with Gasteiger partial charge in [0.25, 0.3) is 0 Å². The summed E-state index contributed by atoms with van der Waals surface area (Å²) in [4.78, 5) is 32.7. The van der Waals surface area contributed by atoms with E-state index in [-0.39, 0.29) is 12.6 Å². The molecule has 4 N–H and O–H groups in total. The van der Waals surface area contributed by atoms with E-state index in [4.69, 9.17) is 49.0 Å². The lowest BCUT2D eigenvalue weighted by Crippen LogP contribution is -2.38. The Kier molecular flexibility index (Phi) is 14.8. The van der Waals surface area contributed by atoms with Gasteiger partial charge in [-0.05, 0) is 89.3 Å². The molecule has 7 aromatic rings. The van der Waals surface area contributed by atoms with Gasteiger partial charge in [0.1, 0.15) is 18.1 Å². The summed E-state index contributed by atoms with van der Waals surface area (Å²) in [5.74, 6) is 1.14. The van der Waals surface area contributed by atoms with Gasteiger partial charge >= 0.3 is 24.5 Å². The molecule has 19 heteroatoms. The van der Waals surface area contributed by atoms with E-state index < -0.39 is 40.0 Å². The lowest BCUT2D eigenvalue weighted by molar-refractivity contribution is -0.138. The van der Waals surface area contributed by atoms with Crippen LogP contribution in [0.1, 0.15) is 33.4 Å². The predicted octanol–water partition coefficient (Wildman–Crippen LogP) is 13.1. The largest absolute Gasteiger partial charge is 0.493 e. The van der Waals surface area contributed by atoms with Crippen molar-refractivity contribution < 1.29 is 50.1 Å². The van der Waals surface area contributed by atoms with Crippen molar-refractivity contribution in [2.75, 3.05) is 37.0 Å². The van der Waals surface area contributed by atoms with Gasteiger partial charge in [-0.15, -0.1) is 0 Å². The summed E-state index contributed by atoms with van der Waals surface area (Å²) in [6, 6.07) is 28.8. The number of halogens is 9. The SMILES string of the molecule is O=C(Nc1c[nH]c2ccc(OCCc3ccc(C(F)(F)F)cc3)cc12)N1CCc2ccccc2C1.O=C(Nc1c[nH]c2ccc(OCCc3ccc(C(F)(F)F)cc3)cc12)OCC(Cl)(Cl)Cl. The van der Waals surface area contributed by atoms with E-state index in [2.05, 4.69) is 32.7 Å². The summed E-state index contributed by atoms with van der Waals surface area (Å²) < 4.78 is 90.7. The average Bonchev–Trinajstić information content (AvgIpc) is 3.88. The summed E-state index contributed by atoms with van der Waals surface area (Å²) in [6.45, 7) is 1.39. The molecule has 1 aliphatic heterocycles. The van der Waals surface area contributed by atoms with Crippen molar-refractivity contribution in [3.63, 3.8) is 0 Å². The van der Waals surface area contributed by atoms with Gasteiger partial charge in [-0.1, -0.05) is 83.3 Å². The molecule has 2 aromatic heterocycles. The third-order valence-electron chi connectivity index (χ3n) is 10.5. The number of urea groups is 1. The number of aromatic nitrogens is 2. The number of alkyl halides is 9. The molecule has 0 bridgehead atoms. The molecule has 0 radical (unpaired) electrons. The van der Waals surface area contributed by atoms with Crippen molar-refractivity contribution >= 4 is 80.1 Å². The zero-order valence-corrected chi connectivity index (χ0v) is 36.9. The lowest BCUT2D eigenvalue weighted by Gasteiger charge is -2.28. The summed E-state index contributed by atoms with van der Waals surface area (Å²) in [6.07, 6.45) is -4.43. The molecule has 3 heterocycles. The van der Waals surface area contributed by atoms with Crippen LogP contribution in [0.5, 0.6) is 11.5 Å². The molecule has 0 atom stereocenters. The van der Waals surface area contributed by atoms with E-state index in [1.807, 2.05) is 30.3 Å². The quantitative estimate of drug-likeness (QED) is 0.0760. The zero-order valence-electron chi connectivity index (χ0n) is 34.6. The number of hydrogen-bond donors (Lipinski definition) is 4. The number of anilines is 2. The fraction of sp³-hybridized carbons (Fsp3) is 0.234. The van der Waals surface area contributed by atoms with Gasteiger partial charge < -0.3 is 34.4 Å². The van der Waals surface area contributed by atoms with Crippen LogP contribution >= 0.6 is 34.8 Å². The number of aromatic amines is 2. The Bertz CT molecular complexity index is 2770. The smallest absolute Gasteiger partial charge is 0.416 e. The highest BCUT2D eigenvalue weighted by Crippen LogP contribution is 2.33. The van der Waals surface area contributed by atoms with Crippen LogP contribution in [0.2, 0.25) is 0 Å². The van der Waals surface area contributed by atoms with Crippen LogP contribution in [0.3, 0.4) is 0 Å². The first-order valence-corrected chi connectivity index (χ1v) is 21.4. The highest BCUT2D eigenvalue weighted by atomic mass is 35.6. The zero-order chi connectivity index (χ0) is 47.1. The molecule has 0 unspecified atom stereocenters. The molecular weight excluding hydrogens is 935 g/mol. The minimum absolute atomic E-state index is 0.158. The van der Waals surface area contributed by atoms with Crippen LogP contribution in [0.15, 0.2) is 122 Å². The minimum atomic E-state index is -4.36. The van der Waals surface area contributed by atoms with Gasteiger partial charge in [0.05, 0.1) is 35.7 Å². The molecule has 0 saturated carbocycles. The molecule has 346 valence electrons. The summed E-state index contributed by atoms with van der Waals surface area (Å²) >= 11 is 16.6. The monoisotopic (exact) mass is 973 g/mol. The van der Waals surface area contributed by atoms with Crippen molar-refractivity contribution in [2.45, 2.75) is 42.0 Å². The van der Waals surface area contributed by atoms with Crippen molar-refractivity contribution in [1.82, 2.24) is 14.9 Å². The molecule has 66 heavy (non-hydrogen) atoms. The Labute approximate surface area is 389 Å². The van der Waals surface area contributed by atoms with Crippen molar-refractivity contribution in [1.29, 1.82) is 0 Å². The minimum Gasteiger partial charge on any atom is -0.493 e. The molecule has 5 aromatic carbocycles. The van der Waals surface area contributed by atoms with Gasteiger partial charge in [-0.3, -0.25) is 5.32 Å². The number of carbonyl (C=O) groups excluding carboxylic acids is 2. The van der Waals surface area contributed by atoms with Gasteiger partial charge in [0.2, 0.25) is 3.79 Å². The second-order valence-corrected chi connectivity index (χ2v) is 17.6.